The Morgan fingerprint density at radius 3 is 1.49 bits per heavy atom. The molecule has 0 N–H and O–H groups in total. The van der Waals surface area contributed by atoms with Gasteiger partial charge in [-0.05, 0) is 19.8 Å². The maximum atomic E-state index is 11.9. The van der Waals surface area contributed by atoms with Gasteiger partial charge in [-0.25, -0.2) is 4.79 Å². The van der Waals surface area contributed by atoms with E-state index in [9.17, 15) is 14.4 Å². The molecule has 0 unspecified atom stereocenters. The van der Waals surface area contributed by atoms with Crippen LogP contribution in [0.3, 0.4) is 0 Å². The number of ether oxygens (including phenoxy) is 6. The molecule has 0 aromatic carbocycles. The van der Waals surface area contributed by atoms with Crippen molar-refractivity contribution in [2.45, 2.75) is 72.0 Å². The van der Waals surface area contributed by atoms with Crippen LogP contribution in [0.1, 0.15) is 66.7 Å². The van der Waals surface area contributed by atoms with Gasteiger partial charge in [0, 0.05) is 24.8 Å². The van der Waals surface area contributed by atoms with Crippen molar-refractivity contribution >= 4 is 30.5 Å². The number of ketones is 1. The van der Waals surface area contributed by atoms with Crippen molar-refractivity contribution in [1.82, 2.24) is 4.90 Å². The van der Waals surface area contributed by atoms with Gasteiger partial charge in [-0.2, -0.15) is 12.6 Å². The first kappa shape index (κ1) is 37.8. The Balaban J connectivity index is 0. The molecule has 0 aromatic rings. The number of likely N-dealkylation sites (tertiary alicyclic amines) is 1. The van der Waals surface area contributed by atoms with Gasteiger partial charge < -0.3 is 38.1 Å². The molecule has 1 aliphatic heterocycles. The van der Waals surface area contributed by atoms with Crippen molar-refractivity contribution in [3.63, 3.8) is 0 Å². The van der Waals surface area contributed by atoms with Crippen molar-refractivity contribution in [3.8, 4) is 0 Å². The molecular formula is C26H51NO9S. The molecule has 1 fully saturated rings. The third-order valence-corrected chi connectivity index (χ3v) is 4.98. The summed E-state index contributed by atoms with van der Waals surface area (Å²) in [5.41, 5.74) is 0. The molecule has 0 aliphatic carbocycles. The summed E-state index contributed by atoms with van der Waals surface area (Å²) in [4.78, 5) is 35.6. The molecule has 1 aliphatic rings. The van der Waals surface area contributed by atoms with Crippen LogP contribution in [0.15, 0.2) is 0 Å². The molecule has 0 saturated carbocycles. The van der Waals surface area contributed by atoms with E-state index in [2.05, 4.69) is 26.5 Å². The van der Waals surface area contributed by atoms with Crippen LogP contribution in [0.4, 0.5) is 4.79 Å². The molecule has 1 saturated heterocycles. The summed E-state index contributed by atoms with van der Waals surface area (Å²) in [7, 11) is 0. The number of nitrogens with zero attached hydrogens (tertiary/aromatic N) is 1. The first-order chi connectivity index (χ1) is 17.9. The van der Waals surface area contributed by atoms with Gasteiger partial charge >= 0.3 is 12.1 Å². The smallest absolute Gasteiger partial charge is 0.409 e. The molecule has 1 heterocycles. The van der Waals surface area contributed by atoms with Crippen molar-refractivity contribution in [1.29, 1.82) is 0 Å². The third kappa shape index (κ3) is 27.5. The lowest BCUT2D eigenvalue weighted by atomic mass is 10.1. The number of carbonyl (C=O) groups excluding carboxylic acids is 3. The summed E-state index contributed by atoms with van der Waals surface area (Å²) in [5.74, 6) is -0.433. The predicted octanol–water partition coefficient (Wildman–Crippen LogP) is 3.94. The SMILES string of the molecule is CC.CC(=O)CCC(=O)OCCOCCOCCOCCOCCOC(=O)N1CCC(S)CC1.CCC. The molecule has 1 amide bonds. The lowest BCUT2D eigenvalue weighted by molar-refractivity contribution is -0.146. The Bertz CT molecular complexity index is 544. The molecular weight excluding hydrogens is 502 g/mol. The largest absolute Gasteiger partial charge is 0.463 e. The van der Waals surface area contributed by atoms with E-state index >= 15 is 0 Å². The summed E-state index contributed by atoms with van der Waals surface area (Å²) in [6.07, 6.45) is 3.05. The fourth-order valence-electron chi connectivity index (χ4n) is 2.65. The van der Waals surface area contributed by atoms with E-state index in [4.69, 9.17) is 28.4 Å². The number of hydrogen-bond acceptors (Lipinski definition) is 10. The summed E-state index contributed by atoms with van der Waals surface area (Å²) in [6.45, 7) is 14.6. The van der Waals surface area contributed by atoms with Crippen LogP contribution < -0.4 is 0 Å². The third-order valence-electron chi connectivity index (χ3n) is 4.46. The van der Waals surface area contributed by atoms with Gasteiger partial charge in [-0.1, -0.05) is 34.1 Å². The fourth-order valence-corrected chi connectivity index (χ4v) is 2.89. The number of thiol groups is 1. The van der Waals surface area contributed by atoms with Gasteiger partial charge in [0.25, 0.3) is 0 Å². The number of amides is 1. The molecule has 0 aromatic heterocycles. The normalized spacial score (nSPS) is 13.1. The monoisotopic (exact) mass is 553 g/mol. The Morgan fingerprint density at radius 2 is 1.08 bits per heavy atom. The first-order valence-corrected chi connectivity index (χ1v) is 14.0. The zero-order valence-electron chi connectivity index (χ0n) is 23.7. The van der Waals surface area contributed by atoms with Crippen LogP contribution in [0.2, 0.25) is 0 Å². The van der Waals surface area contributed by atoms with E-state index in [0.29, 0.717) is 64.6 Å². The minimum absolute atomic E-state index is 0.0366. The van der Waals surface area contributed by atoms with Gasteiger partial charge in [0.05, 0.1) is 59.3 Å². The fraction of sp³-hybridized carbons (Fsp3) is 0.885. The minimum atomic E-state index is -0.396. The van der Waals surface area contributed by atoms with Crippen LogP contribution >= 0.6 is 12.6 Å². The zero-order valence-corrected chi connectivity index (χ0v) is 24.6. The molecule has 220 valence electrons. The maximum absolute atomic E-state index is 11.9. The van der Waals surface area contributed by atoms with Crippen LogP contribution in [0, 0.1) is 0 Å². The summed E-state index contributed by atoms with van der Waals surface area (Å²) in [5, 5.41) is 0.370. The Hall–Kier alpha value is -1.40. The summed E-state index contributed by atoms with van der Waals surface area (Å²) in [6, 6.07) is 0. The molecule has 37 heavy (non-hydrogen) atoms. The number of esters is 1. The van der Waals surface area contributed by atoms with Crippen LogP contribution in [0.25, 0.3) is 0 Å². The number of rotatable bonds is 18. The van der Waals surface area contributed by atoms with Crippen molar-refractivity contribution < 1.29 is 42.8 Å². The molecule has 0 bridgehead atoms. The van der Waals surface area contributed by atoms with Gasteiger partial charge in [0.1, 0.15) is 19.0 Å². The zero-order chi connectivity index (χ0) is 28.2. The standard InChI is InChI=1S/C21H37NO9S.C3H8.C2H6/c1-18(23)2-3-20(24)30-16-14-28-12-10-26-8-9-27-11-13-29-15-17-31-21(25)22-6-4-19(32)5-7-22;1-3-2;1-2/h19,32H,2-17H2,1H3;3H2,1-2H3;1-2H3. The highest BCUT2D eigenvalue weighted by Crippen LogP contribution is 2.15. The van der Waals surface area contributed by atoms with E-state index in [-0.39, 0.29) is 44.5 Å². The number of carbonyl (C=O) groups is 3. The Kier molecular flexibility index (Phi) is 29.8. The molecule has 0 spiro atoms. The second-order valence-electron chi connectivity index (χ2n) is 7.91. The molecule has 11 heteroatoms. The number of piperidine rings is 1. The molecule has 1 rings (SSSR count). The summed E-state index contributed by atoms with van der Waals surface area (Å²) < 4.78 is 31.5. The predicted molar refractivity (Wildman–Crippen MR) is 146 cm³/mol. The van der Waals surface area contributed by atoms with Crippen LogP contribution in [-0.2, 0) is 38.0 Å². The average molecular weight is 554 g/mol. The van der Waals surface area contributed by atoms with E-state index in [1.54, 1.807) is 4.90 Å². The highest BCUT2D eigenvalue weighted by atomic mass is 32.1. The van der Waals surface area contributed by atoms with E-state index in [1.165, 1.54) is 13.3 Å². The molecule has 10 nitrogen and oxygen atoms in total. The highest BCUT2D eigenvalue weighted by Gasteiger charge is 2.21. The molecule has 0 atom stereocenters. The summed E-state index contributed by atoms with van der Waals surface area (Å²) >= 11 is 4.41. The molecule has 0 radical (unpaired) electrons. The maximum Gasteiger partial charge on any atom is 0.409 e. The second kappa shape index (κ2) is 29.2. The topological polar surface area (TPSA) is 110 Å². The van der Waals surface area contributed by atoms with Gasteiger partial charge in [0.15, 0.2) is 0 Å². The second-order valence-corrected chi connectivity index (χ2v) is 8.64. The Labute approximate surface area is 229 Å². The van der Waals surface area contributed by atoms with Gasteiger partial charge in [-0.3, -0.25) is 4.79 Å². The van der Waals surface area contributed by atoms with E-state index in [1.807, 2.05) is 13.8 Å². The van der Waals surface area contributed by atoms with E-state index in [0.717, 1.165) is 12.8 Å². The van der Waals surface area contributed by atoms with Crippen molar-refractivity contribution in [3.05, 3.63) is 0 Å². The quantitative estimate of drug-likeness (QED) is 0.153. The van der Waals surface area contributed by atoms with Crippen molar-refractivity contribution in [2.24, 2.45) is 0 Å². The first-order valence-electron chi connectivity index (χ1n) is 13.5. The van der Waals surface area contributed by atoms with Crippen LogP contribution in [0.5, 0.6) is 0 Å². The van der Waals surface area contributed by atoms with Gasteiger partial charge in [0.2, 0.25) is 0 Å². The Morgan fingerprint density at radius 1 is 0.703 bits per heavy atom. The van der Waals surface area contributed by atoms with E-state index < -0.39 is 5.97 Å². The number of Topliss-reactive ketones (excluding diaryl/α,β-unsaturated/α-hetero) is 1. The van der Waals surface area contributed by atoms with Crippen LogP contribution in [-0.4, -0.2) is 107 Å². The number of hydrogen-bond donors (Lipinski definition) is 1. The van der Waals surface area contributed by atoms with Gasteiger partial charge in [-0.15, -0.1) is 0 Å². The van der Waals surface area contributed by atoms with Crippen molar-refractivity contribution in [2.75, 3.05) is 79.2 Å². The average Bonchev–Trinajstić information content (AvgIpc) is 2.89. The lowest BCUT2D eigenvalue weighted by Crippen LogP contribution is -2.39. The minimum Gasteiger partial charge on any atom is -0.463 e. The highest BCUT2D eigenvalue weighted by molar-refractivity contribution is 7.80. The lowest BCUT2D eigenvalue weighted by Gasteiger charge is -2.28.